The standard InChI is InChI=1S/C20H14O5/c21-11-12-5-3-7-13(18(12)23)14-8-4-9-16(19(14)24)20(25)15-6-1-2-10-17(15)22/h1-11,22-24H. The zero-order valence-corrected chi connectivity index (χ0v) is 13.0. The second-order valence-corrected chi connectivity index (χ2v) is 5.41. The molecule has 0 aliphatic heterocycles. The van der Waals surface area contributed by atoms with Crippen molar-refractivity contribution in [1.82, 2.24) is 0 Å². The number of carbonyl (C=O) groups is 2. The number of hydrogen-bond acceptors (Lipinski definition) is 5. The third-order valence-electron chi connectivity index (χ3n) is 3.91. The van der Waals surface area contributed by atoms with Gasteiger partial charge < -0.3 is 15.3 Å². The Morgan fingerprint density at radius 1 is 0.720 bits per heavy atom. The van der Waals surface area contributed by atoms with E-state index in [9.17, 15) is 24.9 Å². The fourth-order valence-electron chi connectivity index (χ4n) is 2.63. The summed E-state index contributed by atoms with van der Waals surface area (Å²) in [7, 11) is 0. The molecule has 3 aromatic rings. The summed E-state index contributed by atoms with van der Waals surface area (Å²) in [6.45, 7) is 0. The minimum absolute atomic E-state index is 0.0186. The highest BCUT2D eigenvalue weighted by atomic mass is 16.3. The molecule has 0 saturated heterocycles. The molecule has 0 radical (unpaired) electrons. The van der Waals surface area contributed by atoms with Gasteiger partial charge in [0, 0.05) is 11.1 Å². The lowest BCUT2D eigenvalue weighted by Gasteiger charge is -2.12. The number of phenolic OH excluding ortho intramolecular Hbond substituents is 3. The Balaban J connectivity index is 2.15. The lowest BCUT2D eigenvalue weighted by atomic mass is 9.95. The van der Waals surface area contributed by atoms with Gasteiger partial charge in [-0.15, -0.1) is 0 Å². The van der Waals surface area contributed by atoms with Crippen molar-refractivity contribution in [2.75, 3.05) is 0 Å². The highest BCUT2D eigenvalue weighted by Gasteiger charge is 2.20. The smallest absolute Gasteiger partial charge is 0.200 e. The molecule has 3 rings (SSSR count). The first-order chi connectivity index (χ1) is 12.0. The van der Waals surface area contributed by atoms with Crippen molar-refractivity contribution in [2.24, 2.45) is 0 Å². The van der Waals surface area contributed by atoms with Gasteiger partial charge >= 0.3 is 0 Å². The van der Waals surface area contributed by atoms with Crippen LogP contribution in [0.4, 0.5) is 0 Å². The molecule has 124 valence electrons. The van der Waals surface area contributed by atoms with Crippen LogP contribution in [-0.4, -0.2) is 27.4 Å². The highest BCUT2D eigenvalue weighted by Crippen LogP contribution is 2.39. The van der Waals surface area contributed by atoms with Gasteiger partial charge in [-0.05, 0) is 24.3 Å². The summed E-state index contributed by atoms with van der Waals surface area (Å²) in [5.74, 6) is -1.36. The second kappa shape index (κ2) is 6.49. The lowest BCUT2D eigenvalue weighted by Crippen LogP contribution is -2.02. The topological polar surface area (TPSA) is 94.8 Å². The molecule has 0 atom stereocenters. The maximum absolute atomic E-state index is 12.6. The summed E-state index contributed by atoms with van der Waals surface area (Å²) in [5.41, 5.74) is 0.557. The van der Waals surface area contributed by atoms with Crippen molar-refractivity contribution in [3.05, 3.63) is 77.4 Å². The van der Waals surface area contributed by atoms with Crippen LogP contribution < -0.4 is 0 Å². The summed E-state index contributed by atoms with van der Waals surface area (Å²) in [6, 6.07) is 15.1. The normalized spacial score (nSPS) is 10.4. The summed E-state index contributed by atoms with van der Waals surface area (Å²) in [6.07, 6.45) is 0.507. The van der Waals surface area contributed by atoms with Crippen LogP contribution in [0.3, 0.4) is 0 Å². The van der Waals surface area contributed by atoms with Gasteiger partial charge in [0.1, 0.15) is 17.2 Å². The first kappa shape index (κ1) is 16.3. The number of phenols is 3. The molecule has 0 aromatic heterocycles. The Labute approximate surface area is 143 Å². The molecule has 0 heterocycles. The van der Waals surface area contributed by atoms with E-state index in [0.717, 1.165) is 0 Å². The zero-order chi connectivity index (χ0) is 18.0. The molecule has 0 unspecified atom stereocenters. The number of aldehydes is 1. The third-order valence-corrected chi connectivity index (χ3v) is 3.91. The fourth-order valence-corrected chi connectivity index (χ4v) is 2.63. The van der Waals surface area contributed by atoms with Gasteiger partial charge in [-0.2, -0.15) is 0 Å². The van der Waals surface area contributed by atoms with Crippen LogP contribution in [-0.2, 0) is 0 Å². The Hall–Kier alpha value is -3.60. The maximum atomic E-state index is 12.6. The molecule has 5 heteroatoms. The van der Waals surface area contributed by atoms with Crippen LogP contribution in [0.2, 0.25) is 0 Å². The van der Waals surface area contributed by atoms with E-state index in [1.165, 1.54) is 36.4 Å². The van der Waals surface area contributed by atoms with Crippen molar-refractivity contribution < 1.29 is 24.9 Å². The third kappa shape index (κ3) is 2.83. The van der Waals surface area contributed by atoms with E-state index in [1.54, 1.807) is 24.3 Å². The fraction of sp³-hybridized carbons (Fsp3) is 0. The van der Waals surface area contributed by atoms with Gasteiger partial charge in [-0.3, -0.25) is 9.59 Å². The van der Waals surface area contributed by atoms with Crippen molar-refractivity contribution in [1.29, 1.82) is 0 Å². The van der Waals surface area contributed by atoms with Crippen molar-refractivity contribution in [3.63, 3.8) is 0 Å². The van der Waals surface area contributed by atoms with Crippen LogP contribution in [0.1, 0.15) is 26.3 Å². The highest BCUT2D eigenvalue weighted by molar-refractivity contribution is 6.13. The minimum atomic E-state index is -0.552. The Morgan fingerprint density at radius 2 is 1.32 bits per heavy atom. The Morgan fingerprint density at radius 3 is 2.00 bits per heavy atom. The molecule has 5 nitrogen and oxygen atoms in total. The van der Waals surface area contributed by atoms with E-state index in [-0.39, 0.29) is 45.1 Å². The average molecular weight is 334 g/mol. The number of carbonyl (C=O) groups excluding carboxylic acids is 2. The number of hydrogen-bond donors (Lipinski definition) is 3. The van der Waals surface area contributed by atoms with Gasteiger partial charge in [-0.25, -0.2) is 0 Å². The lowest BCUT2D eigenvalue weighted by molar-refractivity contribution is 0.103. The van der Waals surface area contributed by atoms with Gasteiger partial charge in [0.25, 0.3) is 0 Å². The van der Waals surface area contributed by atoms with Gasteiger partial charge in [0.15, 0.2) is 12.1 Å². The molecule has 3 N–H and O–H groups in total. The van der Waals surface area contributed by atoms with Crippen LogP contribution in [0.5, 0.6) is 17.2 Å². The van der Waals surface area contributed by atoms with Crippen molar-refractivity contribution in [2.45, 2.75) is 0 Å². The molecule has 0 fully saturated rings. The summed E-state index contributed by atoms with van der Waals surface area (Å²) in [4.78, 5) is 23.6. The summed E-state index contributed by atoms with van der Waals surface area (Å²) < 4.78 is 0. The molecule has 0 saturated carbocycles. The van der Waals surface area contributed by atoms with E-state index in [1.807, 2.05) is 0 Å². The molecule has 0 aliphatic rings. The SMILES string of the molecule is O=Cc1cccc(-c2cccc(C(=O)c3ccccc3O)c2O)c1O. The van der Waals surface area contributed by atoms with Gasteiger partial charge in [0.2, 0.25) is 0 Å². The predicted molar refractivity (Wildman–Crippen MR) is 92.1 cm³/mol. The first-order valence-corrected chi connectivity index (χ1v) is 7.46. The van der Waals surface area contributed by atoms with E-state index >= 15 is 0 Å². The average Bonchev–Trinajstić information content (AvgIpc) is 2.62. The van der Waals surface area contributed by atoms with E-state index in [4.69, 9.17) is 0 Å². The Bertz CT molecular complexity index is 976. The van der Waals surface area contributed by atoms with Crippen molar-refractivity contribution in [3.8, 4) is 28.4 Å². The Kier molecular flexibility index (Phi) is 4.22. The first-order valence-electron chi connectivity index (χ1n) is 7.46. The number of aromatic hydroxyl groups is 3. The molecule has 0 spiro atoms. The molecular formula is C20H14O5. The molecule has 0 bridgehead atoms. The summed E-state index contributed by atoms with van der Waals surface area (Å²) in [5, 5.41) is 30.6. The van der Waals surface area contributed by atoms with E-state index in [0.29, 0.717) is 6.29 Å². The van der Waals surface area contributed by atoms with Crippen LogP contribution >= 0.6 is 0 Å². The monoisotopic (exact) mass is 334 g/mol. The minimum Gasteiger partial charge on any atom is -0.507 e. The van der Waals surface area contributed by atoms with E-state index in [2.05, 4.69) is 0 Å². The van der Waals surface area contributed by atoms with Gasteiger partial charge in [0.05, 0.1) is 16.7 Å². The molecule has 25 heavy (non-hydrogen) atoms. The quantitative estimate of drug-likeness (QED) is 0.501. The molecule has 0 amide bonds. The van der Waals surface area contributed by atoms with Crippen molar-refractivity contribution >= 4 is 12.1 Å². The van der Waals surface area contributed by atoms with Gasteiger partial charge in [-0.1, -0.05) is 36.4 Å². The maximum Gasteiger partial charge on any atom is 0.200 e. The molecular weight excluding hydrogens is 320 g/mol. The predicted octanol–water partition coefficient (Wildman–Crippen LogP) is 3.51. The number of ketones is 1. The largest absolute Gasteiger partial charge is 0.507 e. The second-order valence-electron chi connectivity index (χ2n) is 5.41. The molecule has 0 aliphatic carbocycles. The van der Waals surface area contributed by atoms with Crippen LogP contribution in [0.25, 0.3) is 11.1 Å². The number of rotatable bonds is 4. The summed E-state index contributed by atoms with van der Waals surface area (Å²) >= 11 is 0. The van der Waals surface area contributed by atoms with Crippen LogP contribution in [0, 0.1) is 0 Å². The number of benzene rings is 3. The molecule has 3 aromatic carbocycles. The number of para-hydroxylation sites is 3. The zero-order valence-electron chi connectivity index (χ0n) is 13.0. The van der Waals surface area contributed by atoms with Crippen LogP contribution in [0.15, 0.2) is 60.7 Å². The van der Waals surface area contributed by atoms with E-state index < -0.39 is 5.78 Å².